The van der Waals surface area contributed by atoms with E-state index in [1.165, 1.54) is 6.92 Å². The SMILES string of the molecule is Cc1nc(C(=O)N[C@@](C)(c2ccc(S(F)(F)(F)(F)F)cc2)C(C)C)cc(=O)[nH]1. The van der Waals surface area contributed by atoms with Crippen molar-refractivity contribution in [3.63, 3.8) is 0 Å². The van der Waals surface area contributed by atoms with E-state index in [1.807, 2.05) is 0 Å². The van der Waals surface area contributed by atoms with Gasteiger partial charge in [0.1, 0.15) is 16.4 Å². The Morgan fingerprint density at radius 3 is 2.11 bits per heavy atom. The zero-order valence-corrected chi connectivity index (χ0v) is 16.3. The van der Waals surface area contributed by atoms with E-state index >= 15 is 0 Å². The molecule has 1 heterocycles. The predicted octanol–water partition coefficient (Wildman–Crippen LogP) is 5.04. The van der Waals surface area contributed by atoms with Crippen LogP contribution in [-0.2, 0) is 5.54 Å². The highest BCUT2D eigenvalue weighted by Gasteiger charge is 2.65. The zero-order chi connectivity index (χ0) is 21.6. The maximum Gasteiger partial charge on any atom is 0.310 e. The van der Waals surface area contributed by atoms with Crippen LogP contribution in [0.4, 0.5) is 19.4 Å². The number of halogens is 5. The molecule has 0 fully saturated rings. The fraction of sp³-hybridized carbons (Fsp3) is 0.353. The Morgan fingerprint density at radius 2 is 1.68 bits per heavy atom. The van der Waals surface area contributed by atoms with Crippen LogP contribution in [0, 0.1) is 12.8 Å². The molecule has 0 bridgehead atoms. The van der Waals surface area contributed by atoms with Gasteiger partial charge < -0.3 is 10.3 Å². The van der Waals surface area contributed by atoms with E-state index in [-0.39, 0.29) is 23.0 Å². The van der Waals surface area contributed by atoms with Crippen LogP contribution in [0.5, 0.6) is 0 Å². The smallest absolute Gasteiger partial charge is 0.310 e. The van der Waals surface area contributed by atoms with Crippen LogP contribution in [0.3, 0.4) is 0 Å². The molecule has 5 nitrogen and oxygen atoms in total. The highest BCUT2D eigenvalue weighted by molar-refractivity contribution is 8.45. The first kappa shape index (κ1) is 21.9. The molecule has 2 aromatic rings. The van der Waals surface area contributed by atoms with Gasteiger partial charge in [-0.05, 0) is 37.5 Å². The van der Waals surface area contributed by atoms with Crippen LogP contribution >= 0.6 is 10.2 Å². The van der Waals surface area contributed by atoms with Gasteiger partial charge in [-0.3, -0.25) is 9.59 Å². The Labute approximate surface area is 158 Å². The second-order valence-corrected chi connectivity index (χ2v) is 9.43. The van der Waals surface area contributed by atoms with E-state index in [2.05, 4.69) is 15.3 Å². The minimum atomic E-state index is -9.79. The number of carbonyl (C=O) groups excluding carboxylic acids is 1. The first-order chi connectivity index (χ1) is 12.4. The maximum absolute atomic E-state index is 12.9. The van der Waals surface area contributed by atoms with Gasteiger partial charge in [-0.2, -0.15) is 0 Å². The van der Waals surface area contributed by atoms with Gasteiger partial charge in [-0.25, -0.2) is 4.98 Å². The van der Waals surface area contributed by atoms with Crippen LogP contribution in [0.25, 0.3) is 0 Å². The van der Waals surface area contributed by atoms with Crippen molar-refractivity contribution < 1.29 is 24.2 Å². The average Bonchev–Trinajstić information content (AvgIpc) is 2.51. The number of carbonyl (C=O) groups is 1. The van der Waals surface area contributed by atoms with Gasteiger partial charge in [0.2, 0.25) is 0 Å². The standard InChI is InChI=1S/C17H20F5N3O2S/c1-10(2)17(4,25-16(27)14-9-15(26)24-11(3)23-14)12-5-7-13(8-6-12)28(18,19,20,21)22/h5-10H,1-4H3,(H,25,27)(H,23,24,26)/t17-/m1/s1. The van der Waals surface area contributed by atoms with E-state index < -0.39 is 32.1 Å². The molecule has 0 aliphatic carbocycles. The summed E-state index contributed by atoms with van der Waals surface area (Å²) in [4.78, 5) is 28.4. The molecular formula is C17H20F5N3O2S. The minimum Gasteiger partial charge on any atom is -0.341 e. The number of aryl methyl sites for hydroxylation is 1. The van der Waals surface area contributed by atoms with Gasteiger partial charge in [0.25, 0.3) is 11.5 Å². The Morgan fingerprint density at radius 1 is 1.14 bits per heavy atom. The van der Waals surface area contributed by atoms with Gasteiger partial charge in [-0.1, -0.05) is 45.4 Å². The third kappa shape index (κ3) is 4.70. The molecule has 0 aliphatic heterocycles. The Bertz CT molecular complexity index is 972. The normalized spacial score (nSPS) is 16.8. The van der Waals surface area contributed by atoms with E-state index in [1.54, 1.807) is 20.8 Å². The number of aromatic amines is 1. The summed E-state index contributed by atoms with van der Waals surface area (Å²) >= 11 is 0. The van der Waals surface area contributed by atoms with Crippen molar-refractivity contribution in [2.75, 3.05) is 0 Å². The van der Waals surface area contributed by atoms with Crippen molar-refractivity contribution in [1.29, 1.82) is 0 Å². The molecule has 0 radical (unpaired) electrons. The first-order valence-corrected chi connectivity index (χ1v) is 10.1. The maximum atomic E-state index is 12.9. The third-order valence-electron chi connectivity index (χ3n) is 4.52. The molecule has 1 aromatic heterocycles. The second-order valence-electron chi connectivity index (χ2n) is 7.02. The monoisotopic (exact) mass is 425 g/mol. The average molecular weight is 425 g/mol. The molecule has 1 atom stereocenters. The zero-order valence-electron chi connectivity index (χ0n) is 15.5. The minimum absolute atomic E-state index is 0.170. The number of rotatable bonds is 5. The van der Waals surface area contributed by atoms with Crippen molar-refractivity contribution in [3.8, 4) is 0 Å². The number of nitrogens with zero attached hydrogens (tertiary/aromatic N) is 1. The number of H-pyrrole nitrogens is 1. The summed E-state index contributed by atoms with van der Waals surface area (Å²) in [6, 6.07) is 3.41. The lowest BCUT2D eigenvalue weighted by Gasteiger charge is -2.41. The van der Waals surface area contributed by atoms with Crippen LogP contribution < -0.4 is 10.9 Å². The molecule has 0 spiro atoms. The highest BCUT2D eigenvalue weighted by Crippen LogP contribution is 3.02. The number of aromatic nitrogens is 2. The predicted molar refractivity (Wildman–Crippen MR) is 97.1 cm³/mol. The Hall–Kier alpha value is -2.43. The van der Waals surface area contributed by atoms with Gasteiger partial charge >= 0.3 is 10.2 Å². The molecule has 0 aliphatic rings. The lowest BCUT2D eigenvalue weighted by atomic mass is 9.81. The second kappa shape index (κ2) is 6.03. The van der Waals surface area contributed by atoms with E-state index in [0.717, 1.165) is 18.2 Å². The van der Waals surface area contributed by atoms with Crippen molar-refractivity contribution in [3.05, 3.63) is 57.8 Å². The van der Waals surface area contributed by atoms with Crippen LogP contribution in [0.2, 0.25) is 0 Å². The number of hydrogen-bond donors (Lipinski definition) is 2. The molecule has 11 heteroatoms. The summed E-state index contributed by atoms with van der Waals surface area (Å²) in [5.74, 6) is -0.836. The van der Waals surface area contributed by atoms with E-state index in [0.29, 0.717) is 12.1 Å². The molecule has 1 aromatic carbocycles. The fourth-order valence-electron chi connectivity index (χ4n) is 2.60. The Kier molecular flexibility index (Phi) is 4.71. The summed E-state index contributed by atoms with van der Waals surface area (Å²) in [6.45, 7) is 6.44. The summed E-state index contributed by atoms with van der Waals surface area (Å²) in [5.41, 5.74) is -1.71. The molecular weight excluding hydrogens is 405 g/mol. The molecule has 2 rings (SSSR count). The van der Waals surface area contributed by atoms with Crippen molar-refractivity contribution in [2.24, 2.45) is 5.92 Å². The van der Waals surface area contributed by atoms with Crippen molar-refractivity contribution >= 4 is 16.1 Å². The lowest BCUT2D eigenvalue weighted by Crippen LogP contribution is -2.47. The quantitative estimate of drug-likeness (QED) is 0.660. The van der Waals surface area contributed by atoms with Gasteiger partial charge in [0.05, 0.1) is 5.54 Å². The Balaban J connectivity index is 2.44. The van der Waals surface area contributed by atoms with Crippen LogP contribution in [0.15, 0.2) is 40.0 Å². The molecule has 2 N–H and O–H groups in total. The largest absolute Gasteiger partial charge is 0.341 e. The van der Waals surface area contributed by atoms with Gasteiger partial charge in [-0.15, -0.1) is 0 Å². The van der Waals surface area contributed by atoms with Crippen LogP contribution in [-0.4, -0.2) is 15.9 Å². The summed E-state index contributed by atoms with van der Waals surface area (Å²) in [7, 11) is -9.79. The van der Waals surface area contributed by atoms with Crippen molar-refractivity contribution in [2.45, 2.75) is 38.1 Å². The summed E-state index contributed by atoms with van der Waals surface area (Å²) in [5, 5.41) is 2.64. The highest BCUT2D eigenvalue weighted by atomic mass is 32.5. The topological polar surface area (TPSA) is 74.8 Å². The molecule has 156 valence electrons. The fourth-order valence-corrected chi connectivity index (χ4v) is 3.25. The molecule has 0 unspecified atom stereocenters. The third-order valence-corrected chi connectivity index (χ3v) is 5.68. The van der Waals surface area contributed by atoms with Gasteiger partial charge in [0.15, 0.2) is 0 Å². The van der Waals surface area contributed by atoms with Crippen LogP contribution in [0.1, 0.15) is 42.6 Å². The first-order valence-electron chi connectivity index (χ1n) is 8.17. The number of benzene rings is 1. The van der Waals surface area contributed by atoms with E-state index in [9.17, 15) is 29.0 Å². The number of amides is 1. The van der Waals surface area contributed by atoms with Gasteiger partial charge in [0, 0.05) is 6.07 Å². The number of hydrogen-bond acceptors (Lipinski definition) is 3. The number of nitrogens with one attached hydrogen (secondary N) is 2. The summed E-state index contributed by atoms with van der Waals surface area (Å²) in [6.07, 6.45) is 0. The van der Waals surface area contributed by atoms with E-state index in [4.69, 9.17) is 0 Å². The molecule has 1 amide bonds. The summed E-state index contributed by atoms with van der Waals surface area (Å²) < 4.78 is 64.7. The van der Waals surface area contributed by atoms with Crippen molar-refractivity contribution in [1.82, 2.24) is 15.3 Å². The lowest BCUT2D eigenvalue weighted by molar-refractivity contribution is 0.0870. The molecule has 0 saturated heterocycles. The molecule has 0 saturated carbocycles. The molecule has 28 heavy (non-hydrogen) atoms.